The van der Waals surface area contributed by atoms with Crippen LogP contribution in [0.2, 0.25) is 0 Å². The first-order valence-corrected chi connectivity index (χ1v) is 10.6. The molecule has 1 N–H and O–H groups in total. The Labute approximate surface area is 171 Å². The normalized spacial score (nSPS) is 11.4. The topological polar surface area (TPSA) is 81.2 Å². The first-order valence-electron chi connectivity index (χ1n) is 8.70. The average Bonchev–Trinajstić information content (AvgIpc) is 3.14. The maximum absolute atomic E-state index is 12.0. The van der Waals surface area contributed by atoms with Gasteiger partial charge in [-0.05, 0) is 34.6 Å². The molecule has 0 fully saturated rings. The molecule has 0 saturated carbocycles. The number of amides is 1. The van der Waals surface area contributed by atoms with Crippen LogP contribution >= 0.6 is 23.1 Å². The summed E-state index contributed by atoms with van der Waals surface area (Å²) in [6, 6.07) is 9.57. The number of thioether (sulfide) groups is 1. The van der Waals surface area contributed by atoms with Gasteiger partial charge in [-0.2, -0.15) is 0 Å². The molecule has 0 aliphatic heterocycles. The Hall–Kier alpha value is -2.45. The van der Waals surface area contributed by atoms with E-state index in [1.807, 2.05) is 35.7 Å². The largest absolute Gasteiger partial charge is 0.455 e. The minimum atomic E-state index is -0.467. The second-order valence-corrected chi connectivity index (χ2v) is 9.00. The molecule has 0 bridgehead atoms. The molecule has 1 aromatic carbocycles. The highest BCUT2D eigenvalue weighted by atomic mass is 32.2. The lowest BCUT2D eigenvalue weighted by atomic mass is 9.87. The van der Waals surface area contributed by atoms with Crippen molar-refractivity contribution < 1.29 is 14.3 Å². The van der Waals surface area contributed by atoms with Crippen molar-refractivity contribution in [3.05, 3.63) is 47.6 Å². The van der Waals surface area contributed by atoms with E-state index in [0.29, 0.717) is 5.69 Å². The van der Waals surface area contributed by atoms with E-state index < -0.39 is 5.97 Å². The van der Waals surface area contributed by atoms with Crippen molar-refractivity contribution in [3.8, 4) is 0 Å². The molecule has 0 atom stereocenters. The zero-order valence-electron chi connectivity index (χ0n) is 15.9. The zero-order chi connectivity index (χ0) is 20.1. The molecule has 146 valence electrons. The van der Waals surface area contributed by atoms with E-state index in [4.69, 9.17) is 4.74 Å². The van der Waals surface area contributed by atoms with Crippen molar-refractivity contribution >= 4 is 50.9 Å². The highest BCUT2D eigenvalue weighted by molar-refractivity contribution is 8.00. The lowest BCUT2D eigenvalue weighted by Crippen LogP contribution is -2.21. The molecule has 28 heavy (non-hydrogen) atoms. The number of aromatic nitrogens is 2. The van der Waals surface area contributed by atoms with Crippen LogP contribution in [0.1, 0.15) is 26.3 Å². The van der Waals surface area contributed by atoms with E-state index >= 15 is 0 Å². The van der Waals surface area contributed by atoms with Gasteiger partial charge in [0.1, 0.15) is 16.2 Å². The Morgan fingerprint density at radius 3 is 2.61 bits per heavy atom. The first kappa shape index (κ1) is 20.3. The molecule has 0 aliphatic carbocycles. The number of anilines is 1. The van der Waals surface area contributed by atoms with Crippen LogP contribution in [0.4, 0.5) is 5.69 Å². The Morgan fingerprint density at radius 1 is 1.14 bits per heavy atom. The Bertz CT molecular complexity index is 978. The van der Waals surface area contributed by atoms with Gasteiger partial charge in [0.05, 0.1) is 5.75 Å². The van der Waals surface area contributed by atoms with Gasteiger partial charge in [-0.1, -0.05) is 44.7 Å². The van der Waals surface area contributed by atoms with Crippen LogP contribution in [0.5, 0.6) is 0 Å². The quantitative estimate of drug-likeness (QED) is 0.368. The van der Waals surface area contributed by atoms with Gasteiger partial charge < -0.3 is 10.1 Å². The molecule has 3 aromatic rings. The number of thiophene rings is 1. The third-order valence-electron chi connectivity index (χ3n) is 3.95. The number of esters is 1. The van der Waals surface area contributed by atoms with Gasteiger partial charge in [0.15, 0.2) is 6.61 Å². The highest BCUT2D eigenvalue weighted by Gasteiger charge is 2.14. The number of ether oxygens (including phenoxy) is 1. The van der Waals surface area contributed by atoms with Gasteiger partial charge in [-0.15, -0.1) is 11.3 Å². The van der Waals surface area contributed by atoms with Crippen LogP contribution in [-0.4, -0.2) is 34.2 Å². The SMILES string of the molecule is CC(C)(C)c1ccc(NC(=O)COC(=O)CSc2ncnc3sccc23)cc1. The number of fused-ring (bicyclic) bond motifs is 1. The number of nitrogens with one attached hydrogen (secondary N) is 1. The average molecular weight is 416 g/mol. The summed E-state index contributed by atoms with van der Waals surface area (Å²) in [5, 5.41) is 6.31. The third-order valence-corrected chi connectivity index (χ3v) is 5.75. The maximum atomic E-state index is 12.0. The van der Waals surface area contributed by atoms with Crippen molar-refractivity contribution in [2.75, 3.05) is 17.7 Å². The van der Waals surface area contributed by atoms with Crippen LogP contribution in [0, 0.1) is 0 Å². The molecule has 6 nitrogen and oxygen atoms in total. The van der Waals surface area contributed by atoms with Crippen LogP contribution in [0.15, 0.2) is 47.1 Å². The molecule has 2 aromatic heterocycles. The van der Waals surface area contributed by atoms with Crippen molar-refractivity contribution in [1.29, 1.82) is 0 Å². The van der Waals surface area contributed by atoms with Crippen molar-refractivity contribution in [3.63, 3.8) is 0 Å². The van der Waals surface area contributed by atoms with Crippen LogP contribution in [0.3, 0.4) is 0 Å². The van der Waals surface area contributed by atoms with Gasteiger partial charge in [0.25, 0.3) is 5.91 Å². The fourth-order valence-electron chi connectivity index (χ4n) is 2.45. The lowest BCUT2D eigenvalue weighted by Gasteiger charge is -2.19. The van der Waals surface area contributed by atoms with E-state index in [1.54, 1.807) is 0 Å². The summed E-state index contributed by atoms with van der Waals surface area (Å²) < 4.78 is 5.06. The van der Waals surface area contributed by atoms with Crippen LogP contribution in [0.25, 0.3) is 10.2 Å². The number of carbonyl (C=O) groups is 2. The number of hydrogen-bond acceptors (Lipinski definition) is 7. The summed E-state index contributed by atoms with van der Waals surface area (Å²) in [6.45, 7) is 6.06. The van der Waals surface area contributed by atoms with Crippen LogP contribution < -0.4 is 5.32 Å². The Kier molecular flexibility index (Phi) is 6.31. The number of hydrogen-bond donors (Lipinski definition) is 1. The second-order valence-electron chi connectivity index (χ2n) is 7.14. The Morgan fingerprint density at radius 2 is 1.89 bits per heavy atom. The molecule has 2 heterocycles. The van der Waals surface area contributed by atoms with E-state index in [1.165, 1.54) is 35.0 Å². The molecule has 8 heteroatoms. The van der Waals surface area contributed by atoms with E-state index in [0.717, 1.165) is 15.2 Å². The Balaban J connectivity index is 1.45. The molecular formula is C20H21N3O3S2. The van der Waals surface area contributed by atoms with Gasteiger partial charge in [0.2, 0.25) is 0 Å². The monoisotopic (exact) mass is 415 g/mol. The predicted molar refractivity (Wildman–Crippen MR) is 113 cm³/mol. The van der Waals surface area contributed by atoms with Crippen LogP contribution in [-0.2, 0) is 19.7 Å². The van der Waals surface area contributed by atoms with Gasteiger partial charge >= 0.3 is 5.97 Å². The molecule has 0 spiro atoms. The molecule has 0 radical (unpaired) electrons. The number of carbonyl (C=O) groups excluding carboxylic acids is 2. The number of benzene rings is 1. The standard InChI is InChI=1S/C20H21N3O3S2/c1-20(2,3)13-4-6-14(7-5-13)23-16(24)10-26-17(25)11-28-19-15-8-9-27-18(15)21-12-22-19/h4-9,12H,10-11H2,1-3H3,(H,23,24). The van der Waals surface area contributed by atoms with Gasteiger partial charge in [0, 0.05) is 11.1 Å². The summed E-state index contributed by atoms with van der Waals surface area (Å²) in [6.07, 6.45) is 1.48. The van der Waals surface area contributed by atoms with Crippen molar-refractivity contribution in [2.24, 2.45) is 0 Å². The molecule has 3 rings (SSSR count). The van der Waals surface area contributed by atoms with E-state index in [2.05, 4.69) is 36.1 Å². The lowest BCUT2D eigenvalue weighted by molar-refractivity contribution is -0.144. The first-order chi connectivity index (χ1) is 13.3. The van der Waals surface area contributed by atoms with Crippen molar-refractivity contribution in [1.82, 2.24) is 9.97 Å². The third kappa shape index (κ3) is 5.30. The highest BCUT2D eigenvalue weighted by Crippen LogP contribution is 2.27. The second kappa shape index (κ2) is 8.70. The van der Waals surface area contributed by atoms with Crippen molar-refractivity contribution in [2.45, 2.75) is 31.2 Å². The molecule has 0 unspecified atom stereocenters. The van der Waals surface area contributed by atoms with E-state index in [-0.39, 0.29) is 23.7 Å². The fourth-order valence-corrected chi connectivity index (χ4v) is 4.03. The summed E-state index contributed by atoms with van der Waals surface area (Å²) in [5.41, 5.74) is 1.90. The zero-order valence-corrected chi connectivity index (χ0v) is 17.5. The smallest absolute Gasteiger partial charge is 0.316 e. The molecule has 0 saturated heterocycles. The summed E-state index contributed by atoms with van der Waals surface area (Å²) in [5.74, 6) is -0.760. The molecule has 0 aliphatic rings. The van der Waals surface area contributed by atoms with Gasteiger partial charge in [-0.3, -0.25) is 9.59 Å². The summed E-state index contributed by atoms with van der Waals surface area (Å²) in [7, 11) is 0. The van der Waals surface area contributed by atoms with E-state index in [9.17, 15) is 9.59 Å². The number of rotatable bonds is 6. The molecule has 1 amide bonds. The van der Waals surface area contributed by atoms with Gasteiger partial charge in [-0.25, -0.2) is 9.97 Å². The summed E-state index contributed by atoms with van der Waals surface area (Å²) in [4.78, 5) is 33.2. The predicted octanol–water partition coefficient (Wildman–Crippen LogP) is 4.26. The minimum Gasteiger partial charge on any atom is -0.455 e. The maximum Gasteiger partial charge on any atom is 0.316 e. The fraction of sp³-hybridized carbons (Fsp3) is 0.300. The molecular weight excluding hydrogens is 394 g/mol. The number of nitrogens with zero attached hydrogens (tertiary/aromatic N) is 2. The minimum absolute atomic E-state index is 0.0496. The summed E-state index contributed by atoms with van der Waals surface area (Å²) >= 11 is 2.79.